The Morgan fingerprint density at radius 3 is 2.82 bits per heavy atom. The third kappa shape index (κ3) is 2.89. The van der Waals surface area contributed by atoms with Crippen LogP contribution >= 0.6 is 11.6 Å². The lowest BCUT2D eigenvalue weighted by Gasteiger charge is -2.03. The predicted octanol–water partition coefficient (Wildman–Crippen LogP) is 3.27. The van der Waals surface area contributed by atoms with Gasteiger partial charge in [0.2, 0.25) is 0 Å². The first kappa shape index (κ1) is 8.54. The first-order valence-corrected chi connectivity index (χ1v) is 4.12. The Hall–Kier alpha value is -0.560. The number of hydrogen-bond acceptors (Lipinski definition) is 1. The molecule has 0 fully saturated rings. The fourth-order valence-corrected chi connectivity index (χ4v) is 1.19. The molecule has 1 heterocycles. The highest BCUT2D eigenvalue weighted by Gasteiger charge is 1.98. The Morgan fingerprint density at radius 2 is 2.09 bits per heavy atom. The SMILES string of the molecule is CC1=N/C=C(Cl)\C=C(/C)CC1. The van der Waals surface area contributed by atoms with E-state index in [9.17, 15) is 0 Å². The molecule has 1 aliphatic rings. The van der Waals surface area contributed by atoms with Crippen LogP contribution in [0.25, 0.3) is 0 Å². The van der Waals surface area contributed by atoms with Crippen molar-refractivity contribution in [2.24, 2.45) is 4.99 Å². The molecule has 0 bridgehead atoms. The summed E-state index contributed by atoms with van der Waals surface area (Å²) in [4.78, 5) is 4.18. The third-order valence-electron chi connectivity index (χ3n) is 1.67. The lowest BCUT2D eigenvalue weighted by molar-refractivity contribution is 0.999. The Bertz CT molecular complexity index is 236. The average Bonchev–Trinajstić information content (AvgIpc) is 1.95. The normalized spacial score (nSPS) is 28.8. The van der Waals surface area contributed by atoms with Crippen molar-refractivity contribution >= 4 is 17.3 Å². The summed E-state index contributed by atoms with van der Waals surface area (Å²) in [7, 11) is 0. The lowest BCUT2D eigenvalue weighted by atomic mass is 10.1. The van der Waals surface area contributed by atoms with Gasteiger partial charge in [0.25, 0.3) is 0 Å². The van der Waals surface area contributed by atoms with Crippen LogP contribution in [-0.2, 0) is 0 Å². The summed E-state index contributed by atoms with van der Waals surface area (Å²) < 4.78 is 0. The molecule has 0 aromatic carbocycles. The predicted molar refractivity (Wildman–Crippen MR) is 50.0 cm³/mol. The zero-order valence-corrected chi connectivity index (χ0v) is 7.65. The van der Waals surface area contributed by atoms with E-state index in [1.54, 1.807) is 6.20 Å². The molecule has 0 amide bonds. The van der Waals surface area contributed by atoms with E-state index in [1.165, 1.54) is 5.57 Å². The molecule has 1 aliphatic heterocycles. The minimum Gasteiger partial charge on any atom is -0.264 e. The molecule has 1 nitrogen and oxygen atoms in total. The summed E-state index contributed by atoms with van der Waals surface area (Å²) >= 11 is 5.83. The third-order valence-corrected chi connectivity index (χ3v) is 1.88. The summed E-state index contributed by atoms with van der Waals surface area (Å²) in [6, 6.07) is 0. The van der Waals surface area contributed by atoms with Crippen LogP contribution in [0.4, 0.5) is 0 Å². The molecule has 0 saturated carbocycles. The minimum atomic E-state index is 0.724. The van der Waals surface area contributed by atoms with Crippen molar-refractivity contribution < 1.29 is 0 Å². The lowest BCUT2D eigenvalue weighted by Crippen LogP contribution is -1.93. The van der Waals surface area contributed by atoms with Gasteiger partial charge >= 0.3 is 0 Å². The molecule has 0 atom stereocenters. The summed E-state index contributed by atoms with van der Waals surface area (Å²) in [5.74, 6) is 0. The monoisotopic (exact) mass is 169 g/mol. The van der Waals surface area contributed by atoms with Gasteiger partial charge in [0.15, 0.2) is 0 Å². The van der Waals surface area contributed by atoms with E-state index >= 15 is 0 Å². The van der Waals surface area contributed by atoms with Crippen molar-refractivity contribution in [2.45, 2.75) is 26.7 Å². The van der Waals surface area contributed by atoms with E-state index in [2.05, 4.69) is 11.9 Å². The molecular formula is C9H12ClN. The van der Waals surface area contributed by atoms with Gasteiger partial charge in [0, 0.05) is 11.9 Å². The van der Waals surface area contributed by atoms with E-state index in [-0.39, 0.29) is 0 Å². The molecule has 0 aliphatic carbocycles. The number of allylic oxidation sites excluding steroid dienone is 3. The Morgan fingerprint density at radius 1 is 1.36 bits per heavy atom. The van der Waals surface area contributed by atoms with E-state index in [1.807, 2.05) is 13.0 Å². The number of nitrogens with zero attached hydrogens (tertiary/aromatic N) is 1. The second kappa shape index (κ2) is 3.72. The molecule has 0 unspecified atom stereocenters. The first-order chi connectivity index (χ1) is 5.18. The highest BCUT2D eigenvalue weighted by molar-refractivity contribution is 6.31. The highest BCUT2D eigenvalue weighted by Crippen LogP contribution is 2.14. The van der Waals surface area contributed by atoms with Crippen molar-refractivity contribution in [3.05, 3.63) is 22.9 Å². The van der Waals surface area contributed by atoms with Gasteiger partial charge < -0.3 is 0 Å². The largest absolute Gasteiger partial charge is 0.264 e. The van der Waals surface area contributed by atoms with Crippen molar-refractivity contribution in [1.82, 2.24) is 0 Å². The summed E-state index contributed by atoms with van der Waals surface area (Å²) in [6.45, 7) is 4.12. The van der Waals surface area contributed by atoms with Crippen LogP contribution in [-0.4, -0.2) is 5.71 Å². The summed E-state index contributed by atoms with van der Waals surface area (Å²) in [6.07, 6.45) is 5.79. The fraction of sp³-hybridized carbons (Fsp3) is 0.444. The van der Waals surface area contributed by atoms with Gasteiger partial charge in [-0.15, -0.1) is 0 Å². The molecular weight excluding hydrogens is 158 g/mol. The molecule has 11 heavy (non-hydrogen) atoms. The minimum absolute atomic E-state index is 0.724. The zero-order chi connectivity index (χ0) is 8.27. The van der Waals surface area contributed by atoms with E-state index in [4.69, 9.17) is 11.6 Å². The van der Waals surface area contributed by atoms with E-state index in [0.717, 1.165) is 23.6 Å². The van der Waals surface area contributed by atoms with Gasteiger partial charge in [-0.05, 0) is 32.8 Å². The standard InChI is InChI=1S/C9H12ClN/c1-7-3-4-8(2)11-6-9(10)5-7/h5-6H,3-4H2,1-2H3/b7-5+,9-6+,11-8?. The number of hydrogen-bond donors (Lipinski definition) is 0. The van der Waals surface area contributed by atoms with Crippen LogP contribution in [0, 0.1) is 0 Å². The molecule has 60 valence electrons. The van der Waals surface area contributed by atoms with Gasteiger partial charge in [0.1, 0.15) is 0 Å². The van der Waals surface area contributed by atoms with Gasteiger partial charge in [-0.3, -0.25) is 4.99 Å². The van der Waals surface area contributed by atoms with Gasteiger partial charge in [0.05, 0.1) is 5.03 Å². The molecule has 0 aromatic rings. The van der Waals surface area contributed by atoms with Gasteiger partial charge in [-0.2, -0.15) is 0 Å². The van der Waals surface area contributed by atoms with Gasteiger partial charge in [-0.25, -0.2) is 0 Å². The Balaban J connectivity index is 2.84. The van der Waals surface area contributed by atoms with Crippen molar-refractivity contribution in [2.75, 3.05) is 0 Å². The zero-order valence-electron chi connectivity index (χ0n) is 6.89. The molecule has 0 N–H and O–H groups in total. The second-order valence-corrected chi connectivity index (χ2v) is 3.31. The van der Waals surface area contributed by atoms with Crippen LogP contribution in [0.1, 0.15) is 26.7 Å². The van der Waals surface area contributed by atoms with Crippen LogP contribution in [0.15, 0.2) is 27.9 Å². The van der Waals surface area contributed by atoms with E-state index in [0.29, 0.717) is 0 Å². The quantitative estimate of drug-likeness (QED) is 0.528. The van der Waals surface area contributed by atoms with Crippen LogP contribution < -0.4 is 0 Å². The van der Waals surface area contributed by atoms with Crippen LogP contribution in [0.5, 0.6) is 0 Å². The molecule has 0 spiro atoms. The average molecular weight is 170 g/mol. The maximum atomic E-state index is 5.83. The highest BCUT2D eigenvalue weighted by atomic mass is 35.5. The van der Waals surface area contributed by atoms with Crippen molar-refractivity contribution in [3.63, 3.8) is 0 Å². The molecule has 0 aromatic heterocycles. The van der Waals surface area contributed by atoms with Crippen molar-refractivity contribution in [3.8, 4) is 0 Å². The summed E-state index contributed by atoms with van der Waals surface area (Å²) in [5.41, 5.74) is 2.47. The first-order valence-electron chi connectivity index (χ1n) is 3.74. The van der Waals surface area contributed by atoms with Crippen molar-refractivity contribution in [1.29, 1.82) is 0 Å². The maximum absolute atomic E-state index is 5.83. The molecule has 2 heteroatoms. The molecule has 0 radical (unpaired) electrons. The van der Waals surface area contributed by atoms with Crippen LogP contribution in [0.2, 0.25) is 0 Å². The smallest absolute Gasteiger partial charge is 0.0588 e. The van der Waals surface area contributed by atoms with Crippen LogP contribution in [0.3, 0.4) is 0 Å². The number of aliphatic imine (C=N–C) groups is 1. The Kier molecular flexibility index (Phi) is 2.89. The molecule has 1 rings (SSSR count). The second-order valence-electron chi connectivity index (χ2n) is 2.87. The number of halogens is 1. The Labute approximate surface area is 72.5 Å². The molecule has 0 saturated heterocycles. The maximum Gasteiger partial charge on any atom is 0.0588 e. The topological polar surface area (TPSA) is 12.4 Å². The van der Waals surface area contributed by atoms with Gasteiger partial charge in [-0.1, -0.05) is 17.2 Å². The number of rotatable bonds is 0. The van der Waals surface area contributed by atoms with E-state index < -0.39 is 0 Å². The fourth-order valence-electron chi connectivity index (χ4n) is 0.959. The summed E-state index contributed by atoms with van der Waals surface area (Å²) in [5, 5.41) is 0.724.